The highest BCUT2D eigenvalue weighted by atomic mass is 16.6. The standard InChI is InChI=1S/C23H30N2O4/c1-22-7-5-14(29-21(28)25-10-9-24-13-25)11-18(22)19(26)12-15-16-3-4-20(27)23(16,2)8-6-17(15)22/h9-10,13-18H,3-8,11-12H2,1-2H3/t14?,15-,16-,17-,18+,22+,23-/m0/s1. The largest absolute Gasteiger partial charge is 0.446 e. The first-order valence-electron chi connectivity index (χ1n) is 11.1. The molecule has 4 saturated carbocycles. The van der Waals surface area contributed by atoms with E-state index in [-0.39, 0.29) is 22.9 Å². The molecule has 6 nitrogen and oxygen atoms in total. The number of aromatic nitrogens is 2. The summed E-state index contributed by atoms with van der Waals surface area (Å²) in [5.74, 6) is 1.90. The Morgan fingerprint density at radius 1 is 1.17 bits per heavy atom. The number of carbonyl (C=O) groups excluding carboxylic acids is 3. The van der Waals surface area contributed by atoms with Crippen LogP contribution in [0.4, 0.5) is 4.79 Å². The van der Waals surface area contributed by atoms with Gasteiger partial charge in [0.1, 0.15) is 24.0 Å². The van der Waals surface area contributed by atoms with Gasteiger partial charge in [-0.3, -0.25) is 9.59 Å². The van der Waals surface area contributed by atoms with Gasteiger partial charge in [0.05, 0.1) is 0 Å². The highest BCUT2D eigenvalue weighted by Gasteiger charge is 2.62. The maximum atomic E-state index is 13.3. The first-order chi connectivity index (χ1) is 13.8. The van der Waals surface area contributed by atoms with Gasteiger partial charge in [-0.2, -0.15) is 0 Å². The second-order valence-corrected chi connectivity index (χ2v) is 10.3. The van der Waals surface area contributed by atoms with Crippen LogP contribution in [0, 0.1) is 34.5 Å². The Kier molecular flexibility index (Phi) is 4.27. The van der Waals surface area contributed by atoms with Crippen molar-refractivity contribution in [2.75, 3.05) is 0 Å². The van der Waals surface area contributed by atoms with Crippen molar-refractivity contribution in [3.05, 3.63) is 18.7 Å². The number of nitrogens with zero attached hydrogens (tertiary/aromatic N) is 2. The van der Waals surface area contributed by atoms with Gasteiger partial charge < -0.3 is 4.74 Å². The van der Waals surface area contributed by atoms with Gasteiger partial charge in [0, 0.05) is 36.6 Å². The third kappa shape index (κ3) is 2.74. The maximum absolute atomic E-state index is 13.3. The minimum Gasteiger partial charge on any atom is -0.446 e. The molecule has 0 spiro atoms. The number of ketones is 2. The summed E-state index contributed by atoms with van der Waals surface area (Å²) in [6, 6.07) is 0. The van der Waals surface area contributed by atoms with E-state index in [0.29, 0.717) is 48.6 Å². The van der Waals surface area contributed by atoms with E-state index in [1.807, 2.05) is 0 Å². The predicted molar refractivity (Wildman–Crippen MR) is 105 cm³/mol. The molecule has 0 N–H and O–H groups in total. The third-order valence-electron chi connectivity index (χ3n) is 9.10. The van der Waals surface area contributed by atoms with Crippen molar-refractivity contribution in [2.24, 2.45) is 34.5 Å². The summed E-state index contributed by atoms with van der Waals surface area (Å²) in [5.41, 5.74) is -0.243. The van der Waals surface area contributed by atoms with E-state index in [4.69, 9.17) is 4.74 Å². The molecule has 4 aliphatic carbocycles. The third-order valence-corrected chi connectivity index (χ3v) is 9.10. The fraction of sp³-hybridized carbons (Fsp3) is 0.739. The summed E-state index contributed by atoms with van der Waals surface area (Å²) in [4.78, 5) is 42.0. The summed E-state index contributed by atoms with van der Waals surface area (Å²) < 4.78 is 7.04. The summed E-state index contributed by atoms with van der Waals surface area (Å²) >= 11 is 0. The first-order valence-corrected chi connectivity index (χ1v) is 11.1. The highest BCUT2D eigenvalue weighted by molar-refractivity contribution is 5.88. The van der Waals surface area contributed by atoms with E-state index in [9.17, 15) is 14.4 Å². The van der Waals surface area contributed by atoms with Crippen molar-refractivity contribution in [1.29, 1.82) is 0 Å². The van der Waals surface area contributed by atoms with E-state index in [2.05, 4.69) is 18.8 Å². The maximum Gasteiger partial charge on any atom is 0.419 e. The fourth-order valence-electron chi connectivity index (χ4n) is 7.45. The number of fused-ring (bicyclic) bond motifs is 5. The van der Waals surface area contributed by atoms with Crippen LogP contribution in [-0.4, -0.2) is 33.3 Å². The van der Waals surface area contributed by atoms with Gasteiger partial charge in [-0.15, -0.1) is 0 Å². The van der Waals surface area contributed by atoms with Gasteiger partial charge >= 0.3 is 6.09 Å². The molecule has 1 aromatic heterocycles. The molecule has 0 aromatic carbocycles. The highest BCUT2D eigenvalue weighted by Crippen LogP contribution is 2.64. The number of imidazole rings is 1. The quantitative estimate of drug-likeness (QED) is 0.714. The first kappa shape index (κ1) is 19.0. The molecule has 1 aromatic rings. The Hall–Kier alpha value is -1.98. The molecule has 0 aliphatic heterocycles. The minimum atomic E-state index is -0.421. The van der Waals surface area contributed by atoms with Gasteiger partial charge in [0.15, 0.2) is 0 Å². The fourth-order valence-corrected chi connectivity index (χ4v) is 7.45. The molecular weight excluding hydrogens is 368 g/mol. The zero-order valence-electron chi connectivity index (χ0n) is 17.3. The summed E-state index contributed by atoms with van der Waals surface area (Å²) in [6.45, 7) is 4.44. The van der Waals surface area contributed by atoms with Crippen LogP contribution >= 0.6 is 0 Å². The number of carbonyl (C=O) groups is 3. The van der Waals surface area contributed by atoms with Crippen molar-refractivity contribution in [2.45, 2.75) is 71.3 Å². The molecular formula is C23H30N2O4. The van der Waals surface area contributed by atoms with E-state index < -0.39 is 6.09 Å². The van der Waals surface area contributed by atoms with Crippen LogP contribution in [0.1, 0.15) is 65.2 Å². The summed E-state index contributed by atoms with van der Waals surface area (Å²) in [5, 5.41) is 0. The molecule has 0 amide bonds. The lowest BCUT2D eigenvalue weighted by atomic mass is 9.45. The number of Topliss-reactive ketones (excluding diaryl/α,β-unsaturated/α-hetero) is 2. The van der Waals surface area contributed by atoms with E-state index in [0.717, 1.165) is 32.1 Å². The molecule has 4 fully saturated rings. The van der Waals surface area contributed by atoms with Gasteiger partial charge in [0.25, 0.3) is 0 Å². The molecule has 0 saturated heterocycles. The molecule has 0 radical (unpaired) electrons. The number of ether oxygens (including phenoxy) is 1. The second kappa shape index (κ2) is 6.51. The van der Waals surface area contributed by atoms with Gasteiger partial charge in [-0.05, 0) is 61.7 Å². The number of rotatable bonds is 1. The zero-order chi connectivity index (χ0) is 20.4. The molecule has 156 valence electrons. The number of hydrogen-bond donors (Lipinski definition) is 0. The van der Waals surface area contributed by atoms with Crippen LogP contribution < -0.4 is 0 Å². The molecule has 5 rings (SSSR count). The van der Waals surface area contributed by atoms with Crippen LogP contribution in [0.2, 0.25) is 0 Å². The minimum absolute atomic E-state index is 0.0368. The predicted octanol–water partition coefficient (Wildman–Crippen LogP) is 4.03. The molecule has 1 unspecified atom stereocenters. The Bertz CT molecular complexity index is 849. The molecule has 0 bridgehead atoms. The Morgan fingerprint density at radius 3 is 2.76 bits per heavy atom. The molecule has 6 heteroatoms. The lowest BCUT2D eigenvalue weighted by molar-refractivity contribution is -0.160. The molecule has 29 heavy (non-hydrogen) atoms. The SMILES string of the molecule is C[C@]12CCC(OC(=O)n3ccnc3)C[C@@H]1C(=O)C[C@@H]1[C@@H]2CC[C@]2(C)C(=O)CC[C@@H]12. The average Bonchev–Trinajstić information content (AvgIpc) is 3.32. The molecule has 4 aliphatic rings. The van der Waals surface area contributed by atoms with Crippen molar-refractivity contribution in [3.8, 4) is 0 Å². The Morgan fingerprint density at radius 2 is 2.00 bits per heavy atom. The van der Waals surface area contributed by atoms with Crippen LogP contribution in [-0.2, 0) is 14.3 Å². The monoisotopic (exact) mass is 398 g/mol. The topological polar surface area (TPSA) is 78.3 Å². The Balaban J connectivity index is 1.35. The lowest BCUT2D eigenvalue weighted by Crippen LogP contribution is -2.57. The van der Waals surface area contributed by atoms with Crippen molar-refractivity contribution in [1.82, 2.24) is 9.55 Å². The van der Waals surface area contributed by atoms with Crippen LogP contribution in [0.3, 0.4) is 0 Å². The number of hydrogen-bond acceptors (Lipinski definition) is 5. The van der Waals surface area contributed by atoms with Crippen LogP contribution in [0.25, 0.3) is 0 Å². The summed E-state index contributed by atoms with van der Waals surface area (Å²) in [7, 11) is 0. The van der Waals surface area contributed by atoms with E-state index >= 15 is 0 Å². The van der Waals surface area contributed by atoms with E-state index in [1.165, 1.54) is 10.9 Å². The van der Waals surface area contributed by atoms with E-state index in [1.54, 1.807) is 12.4 Å². The second-order valence-electron chi connectivity index (χ2n) is 10.3. The van der Waals surface area contributed by atoms with Gasteiger partial charge in [-0.1, -0.05) is 13.8 Å². The van der Waals surface area contributed by atoms with Crippen LogP contribution in [0.15, 0.2) is 18.7 Å². The lowest BCUT2D eigenvalue weighted by Gasteiger charge is -2.59. The average molecular weight is 399 g/mol. The van der Waals surface area contributed by atoms with Crippen molar-refractivity contribution < 1.29 is 19.1 Å². The van der Waals surface area contributed by atoms with Gasteiger partial charge in [0.2, 0.25) is 0 Å². The van der Waals surface area contributed by atoms with Crippen molar-refractivity contribution >= 4 is 17.7 Å². The van der Waals surface area contributed by atoms with Crippen molar-refractivity contribution in [3.63, 3.8) is 0 Å². The molecule has 1 heterocycles. The van der Waals surface area contributed by atoms with Gasteiger partial charge in [-0.25, -0.2) is 14.3 Å². The Labute approximate surface area is 171 Å². The smallest absolute Gasteiger partial charge is 0.419 e. The van der Waals surface area contributed by atoms with Crippen LogP contribution in [0.5, 0.6) is 0 Å². The zero-order valence-corrected chi connectivity index (χ0v) is 17.3. The molecule has 7 atom stereocenters. The summed E-state index contributed by atoms with van der Waals surface area (Å²) in [6.07, 6.45) is 10.5. The normalized spacial score (nSPS) is 44.0.